The van der Waals surface area contributed by atoms with Crippen LogP contribution in [-0.4, -0.2) is 35.1 Å². The van der Waals surface area contributed by atoms with Gasteiger partial charge in [0.15, 0.2) is 0 Å². The van der Waals surface area contributed by atoms with E-state index in [1.54, 1.807) is 4.90 Å². The molecule has 5 heteroatoms. The van der Waals surface area contributed by atoms with E-state index < -0.39 is 5.97 Å². The number of likely N-dealkylation sites (tertiary alicyclic amines) is 1. The molecule has 2 N–H and O–H groups in total. The molecule has 0 aromatic rings. The van der Waals surface area contributed by atoms with Crippen molar-refractivity contribution < 1.29 is 14.7 Å². The SMILES string of the molecule is O=C(O)/C=C/NC(=O)N1CCCC1. The Labute approximate surface area is 76.0 Å². The number of nitrogens with zero attached hydrogens (tertiary/aromatic N) is 1. The summed E-state index contributed by atoms with van der Waals surface area (Å²) in [6.45, 7) is 1.51. The summed E-state index contributed by atoms with van der Waals surface area (Å²) in [5, 5.41) is 10.6. The first-order valence-corrected chi connectivity index (χ1v) is 4.15. The highest BCUT2D eigenvalue weighted by atomic mass is 16.4. The highest BCUT2D eigenvalue weighted by molar-refractivity contribution is 5.81. The van der Waals surface area contributed by atoms with E-state index in [4.69, 9.17) is 5.11 Å². The fraction of sp³-hybridized carbons (Fsp3) is 0.500. The fourth-order valence-corrected chi connectivity index (χ4v) is 1.20. The third-order valence-electron chi connectivity index (χ3n) is 1.83. The van der Waals surface area contributed by atoms with Crippen molar-refractivity contribution in [2.45, 2.75) is 12.8 Å². The first-order valence-electron chi connectivity index (χ1n) is 4.15. The van der Waals surface area contributed by atoms with E-state index in [1.807, 2.05) is 0 Å². The zero-order valence-electron chi connectivity index (χ0n) is 7.19. The van der Waals surface area contributed by atoms with Crippen molar-refractivity contribution in [2.24, 2.45) is 0 Å². The second-order valence-electron chi connectivity index (χ2n) is 2.82. The summed E-state index contributed by atoms with van der Waals surface area (Å²) < 4.78 is 0. The molecule has 1 aliphatic rings. The van der Waals surface area contributed by atoms with Gasteiger partial charge in [-0.1, -0.05) is 0 Å². The van der Waals surface area contributed by atoms with Crippen LogP contribution in [0.5, 0.6) is 0 Å². The van der Waals surface area contributed by atoms with Gasteiger partial charge in [0.2, 0.25) is 0 Å². The van der Waals surface area contributed by atoms with Crippen LogP contribution in [0.25, 0.3) is 0 Å². The zero-order valence-corrected chi connectivity index (χ0v) is 7.19. The molecule has 0 spiro atoms. The van der Waals surface area contributed by atoms with E-state index in [9.17, 15) is 9.59 Å². The molecule has 1 heterocycles. The number of hydrogen-bond acceptors (Lipinski definition) is 2. The molecule has 0 aliphatic carbocycles. The average molecular weight is 184 g/mol. The Kier molecular flexibility index (Phi) is 3.31. The van der Waals surface area contributed by atoms with Gasteiger partial charge in [0.25, 0.3) is 0 Å². The van der Waals surface area contributed by atoms with E-state index in [0.29, 0.717) is 0 Å². The van der Waals surface area contributed by atoms with Crippen LogP contribution in [0.1, 0.15) is 12.8 Å². The number of carbonyl (C=O) groups excluding carboxylic acids is 1. The predicted octanol–water partition coefficient (Wildman–Crippen LogP) is 0.390. The zero-order chi connectivity index (χ0) is 9.68. The molecule has 13 heavy (non-hydrogen) atoms. The fourth-order valence-electron chi connectivity index (χ4n) is 1.20. The van der Waals surface area contributed by atoms with Crippen LogP contribution >= 0.6 is 0 Å². The Balaban J connectivity index is 2.28. The largest absolute Gasteiger partial charge is 0.478 e. The summed E-state index contributed by atoms with van der Waals surface area (Å²) in [4.78, 5) is 22.9. The summed E-state index contributed by atoms with van der Waals surface area (Å²) in [7, 11) is 0. The number of carboxylic acid groups (broad SMARTS) is 1. The standard InChI is InChI=1S/C8H12N2O3/c11-7(12)3-4-9-8(13)10-5-1-2-6-10/h3-4H,1-2,5-6H2,(H,9,13)(H,11,12)/b4-3+. The van der Waals surface area contributed by atoms with Gasteiger partial charge < -0.3 is 15.3 Å². The molecule has 1 saturated heterocycles. The lowest BCUT2D eigenvalue weighted by Crippen LogP contribution is -2.35. The molecule has 0 aromatic carbocycles. The molecule has 0 saturated carbocycles. The highest BCUT2D eigenvalue weighted by Gasteiger charge is 2.16. The van der Waals surface area contributed by atoms with Gasteiger partial charge in [-0.2, -0.15) is 0 Å². The molecule has 1 fully saturated rings. The van der Waals surface area contributed by atoms with Crippen molar-refractivity contribution in [3.05, 3.63) is 12.3 Å². The molecule has 0 bridgehead atoms. The summed E-state index contributed by atoms with van der Waals surface area (Å²) in [5.74, 6) is -1.07. The normalized spacial score (nSPS) is 16.5. The number of carboxylic acids is 1. The molecular formula is C8H12N2O3. The lowest BCUT2D eigenvalue weighted by atomic mass is 10.4. The highest BCUT2D eigenvalue weighted by Crippen LogP contribution is 2.06. The van der Waals surface area contributed by atoms with Crippen LogP contribution in [-0.2, 0) is 4.79 Å². The molecule has 0 unspecified atom stereocenters. The maximum atomic E-state index is 11.2. The Hall–Kier alpha value is -1.52. The van der Waals surface area contributed by atoms with Crippen molar-refractivity contribution >= 4 is 12.0 Å². The number of carbonyl (C=O) groups is 2. The van der Waals surface area contributed by atoms with Gasteiger partial charge in [0, 0.05) is 25.4 Å². The number of rotatable bonds is 2. The van der Waals surface area contributed by atoms with Crippen molar-refractivity contribution in [1.82, 2.24) is 10.2 Å². The minimum Gasteiger partial charge on any atom is -0.478 e. The van der Waals surface area contributed by atoms with Crippen LogP contribution in [0.15, 0.2) is 12.3 Å². The van der Waals surface area contributed by atoms with Crippen LogP contribution in [0.3, 0.4) is 0 Å². The van der Waals surface area contributed by atoms with Gasteiger partial charge in [-0.3, -0.25) is 0 Å². The molecule has 0 aromatic heterocycles. The van der Waals surface area contributed by atoms with E-state index in [1.165, 1.54) is 0 Å². The van der Waals surface area contributed by atoms with Crippen molar-refractivity contribution in [2.75, 3.05) is 13.1 Å². The minimum atomic E-state index is -1.07. The van der Waals surface area contributed by atoms with Crippen molar-refractivity contribution in [1.29, 1.82) is 0 Å². The molecule has 1 rings (SSSR count). The number of amides is 2. The second kappa shape index (κ2) is 4.49. The predicted molar refractivity (Wildman–Crippen MR) is 46.1 cm³/mol. The molecular weight excluding hydrogens is 172 g/mol. The number of aliphatic carboxylic acids is 1. The van der Waals surface area contributed by atoms with Gasteiger partial charge in [-0.25, -0.2) is 9.59 Å². The number of urea groups is 1. The van der Waals surface area contributed by atoms with E-state index in [2.05, 4.69) is 5.32 Å². The molecule has 72 valence electrons. The molecule has 0 radical (unpaired) electrons. The third-order valence-corrected chi connectivity index (χ3v) is 1.83. The third kappa shape index (κ3) is 3.14. The Morgan fingerprint density at radius 2 is 1.92 bits per heavy atom. The number of nitrogens with one attached hydrogen (secondary N) is 1. The van der Waals surface area contributed by atoms with E-state index in [-0.39, 0.29) is 6.03 Å². The Morgan fingerprint density at radius 1 is 1.31 bits per heavy atom. The lowest BCUT2D eigenvalue weighted by Gasteiger charge is -2.13. The van der Waals surface area contributed by atoms with Gasteiger partial charge in [0.05, 0.1) is 0 Å². The van der Waals surface area contributed by atoms with Crippen molar-refractivity contribution in [3.63, 3.8) is 0 Å². The summed E-state index contributed by atoms with van der Waals surface area (Å²) >= 11 is 0. The maximum Gasteiger partial charge on any atom is 0.329 e. The van der Waals surface area contributed by atoms with Crippen LogP contribution in [0.4, 0.5) is 4.79 Å². The Bertz CT molecular complexity index is 232. The molecule has 1 aliphatic heterocycles. The van der Waals surface area contributed by atoms with Crippen LogP contribution in [0, 0.1) is 0 Å². The smallest absolute Gasteiger partial charge is 0.329 e. The topological polar surface area (TPSA) is 69.6 Å². The average Bonchev–Trinajstić information content (AvgIpc) is 2.55. The summed E-state index contributed by atoms with van der Waals surface area (Å²) in [6.07, 6.45) is 4.09. The van der Waals surface area contributed by atoms with Crippen LogP contribution < -0.4 is 5.32 Å². The van der Waals surface area contributed by atoms with Gasteiger partial charge in [0.1, 0.15) is 0 Å². The monoisotopic (exact) mass is 184 g/mol. The van der Waals surface area contributed by atoms with Gasteiger partial charge in [-0.15, -0.1) is 0 Å². The summed E-state index contributed by atoms with van der Waals surface area (Å²) in [6, 6.07) is -0.227. The van der Waals surface area contributed by atoms with E-state index in [0.717, 1.165) is 38.2 Å². The second-order valence-corrected chi connectivity index (χ2v) is 2.82. The molecule has 2 amide bonds. The quantitative estimate of drug-likeness (QED) is 0.610. The minimum absolute atomic E-state index is 0.227. The summed E-state index contributed by atoms with van der Waals surface area (Å²) in [5.41, 5.74) is 0. The molecule has 0 atom stereocenters. The first kappa shape index (κ1) is 9.57. The molecule has 5 nitrogen and oxygen atoms in total. The van der Waals surface area contributed by atoms with Crippen molar-refractivity contribution in [3.8, 4) is 0 Å². The van der Waals surface area contributed by atoms with E-state index >= 15 is 0 Å². The van der Waals surface area contributed by atoms with Gasteiger partial charge in [-0.05, 0) is 12.8 Å². The maximum absolute atomic E-state index is 11.2. The Morgan fingerprint density at radius 3 is 2.46 bits per heavy atom. The van der Waals surface area contributed by atoms with Crippen LogP contribution in [0.2, 0.25) is 0 Å². The number of hydrogen-bond donors (Lipinski definition) is 2. The first-order chi connectivity index (χ1) is 6.20. The lowest BCUT2D eigenvalue weighted by molar-refractivity contribution is -0.131. The van der Waals surface area contributed by atoms with Gasteiger partial charge >= 0.3 is 12.0 Å².